The molecule has 3 heteroatoms. The minimum Gasteiger partial charge on any atom is -0.624 e. The van der Waals surface area contributed by atoms with E-state index in [9.17, 15) is 5.21 Å². The molecule has 0 aromatic heterocycles. The maximum Gasteiger partial charge on any atom is 0.178 e. The minimum atomic E-state index is 0.374. The molecule has 2 aromatic carbocycles. The van der Waals surface area contributed by atoms with Crippen molar-refractivity contribution in [2.45, 2.75) is 19.4 Å². The molecule has 0 aliphatic rings. The number of hydroxylamine groups is 1. The van der Waals surface area contributed by atoms with E-state index >= 15 is 0 Å². The van der Waals surface area contributed by atoms with Crippen LogP contribution < -0.4 is 4.74 Å². The van der Waals surface area contributed by atoms with Gasteiger partial charge in [-0.15, -0.1) is 0 Å². The Bertz CT molecular complexity index is 547. The fourth-order valence-electron chi connectivity index (χ4n) is 2.00. The van der Waals surface area contributed by atoms with Gasteiger partial charge >= 0.3 is 0 Å². The van der Waals surface area contributed by atoms with E-state index in [1.165, 1.54) is 5.56 Å². The molecule has 0 radical (unpaired) electrons. The first-order valence-electron chi connectivity index (χ1n) is 6.72. The van der Waals surface area contributed by atoms with Gasteiger partial charge < -0.3 is 9.94 Å². The third-order valence-corrected chi connectivity index (χ3v) is 3.11. The summed E-state index contributed by atoms with van der Waals surface area (Å²) in [6.07, 6.45) is 3.35. The van der Waals surface area contributed by atoms with Crippen molar-refractivity contribution in [3.8, 4) is 5.75 Å². The molecule has 0 amide bonds. The Hall–Kier alpha value is -2.29. The van der Waals surface area contributed by atoms with Gasteiger partial charge in [0.15, 0.2) is 12.8 Å². The highest BCUT2D eigenvalue weighted by molar-refractivity contribution is 5.52. The first-order valence-corrected chi connectivity index (χ1v) is 6.72. The summed E-state index contributed by atoms with van der Waals surface area (Å²) in [6, 6.07) is 17.7. The molecule has 0 fully saturated rings. The molecule has 0 aliphatic heterocycles. The van der Waals surface area contributed by atoms with Crippen molar-refractivity contribution in [1.29, 1.82) is 0 Å². The van der Waals surface area contributed by atoms with Crippen molar-refractivity contribution in [3.63, 3.8) is 0 Å². The Balaban J connectivity index is 1.84. The predicted molar refractivity (Wildman–Crippen MR) is 81.2 cm³/mol. The van der Waals surface area contributed by atoms with Gasteiger partial charge in [-0.25, -0.2) is 4.74 Å². The Morgan fingerprint density at radius 3 is 2.35 bits per heavy atom. The van der Waals surface area contributed by atoms with Crippen molar-refractivity contribution in [1.82, 2.24) is 0 Å². The van der Waals surface area contributed by atoms with Crippen molar-refractivity contribution >= 4 is 6.21 Å². The Kier molecular flexibility index (Phi) is 5.18. The van der Waals surface area contributed by atoms with Crippen molar-refractivity contribution in [3.05, 3.63) is 70.9 Å². The number of benzene rings is 2. The highest BCUT2D eigenvalue weighted by Crippen LogP contribution is 2.11. The van der Waals surface area contributed by atoms with Crippen LogP contribution in [0, 0.1) is 5.21 Å². The summed E-state index contributed by atoms with van der Waals surface area (Å²) in [7, 11) is 1.63. The molecule has 0 saturated carbocycles. The number of rotatable bonds is 6. The van der Waals surface area contributed by atoms with E-state index in [2.05, 4.69) is 12.1 Å². The van der Waals surface area contributed by atoms with E-state index in [1.807, 2.05) is 42.5 Å². The topological polar surface area (TPSA) is 35.3 Å². The van der Waals surface area contributed by atoms with Crippen LogP contribution in [-0.4, -0.2) is 18.1 Å². The van der Waals surface area contributed by atoms with Crippen molar-refractivity contribution < 1.29 is 9.48 Å². The molecule has 3 nitrogen and oxygen atoms in total. The molecule has 0 spiro atoms. The van der Waals surface area contributed by atoms with Gasteiger partial charge in [-0.1, -0.05) is 30.3 Å². The zero-order chi connectivity index (χ0) is 14.2. The lowest BCUT2D eigenvalue weighted by atomic mass is 10.1. The standard InChI is InChI=1S/C17H19NO2/c1-20-17-11-9-16(10-12-17)14-18(19)13-5-8-15-6-3-2-4-7-15/h2-4,6-7,9-13H,5,8,14H2,1H3. The fraction of sp³-hybridized carbons (Fsp3) is 0.235. The summed E-state index contributed by atoms with van der Waals surface area (Å²) in [4.78, 5) is 0. The Labute approximate surface area is 119 Å². The number of hydrogen-bond donors (Lipinski definition) is 0. The van der Waals surface area contributed by atoms with E-state index in [-0.39, 0.29) is 0 Å². The third-order valence-electron chi connectivity index (χ3n) is 3.11. The van der Waals surface area contributed by atoms with E-state index in [1.54, 1.807) is 13.3 Å². The minimum absolute atomic E-state index is 0.374. The lowest BCUT2D eigenvalue weighted by molar-refractivity contribution is -0.471. The average Bonchev–Trinajstić information content (AvgIpc) is 2.49. The van der Waals surface area contributed by atoms with Gasteiger partial charge in [0.2, 0.25) is 0 Å². The van der Waals surface area contributed by atoms with Crippen LogP contribution in [0.1, 0.15) is 17.5 Å². The van der Waals surface area contributed by atoms with Gasteiger partial charge in [0.05, 0.1) is 7.11 Å². The van der Waals surface area contributed by atoms with Gasteiger partial charge in [-0.3, -0.25) is 0 Å². The van der Waals surface area contributed by atoms with Crippen LogP contribution in [0.15, 0.2) is 54.6 Å². The average molecular weight is 269 g/mol. The molecular weight excluding hydrogens is 250 g/mol. The second kappa shape index (κ2) is 7.34. The van der Waals surface area contributed by atoms with Crippen LogP contribution in [0.3, 0.4) is 0 Å². The van der Waals surface area contributed by atoms with Gasteiger partial charge in [0.1, 0.15) is 5.75 Å². The zero-order valence-corrected chi connectivity index (χ0v) is 11.7. The Morgan fingerprint density at radius 2 is 1.70 bits per heavy atom. The van der Waals surface area contributed by atoms with Gasteiger partial charge in [0.25, 0.3) is 0 Å². The quantitative estimate of drug-likeness (QED) is 0.348. The maximum atomic E-state index is 11.8. The largest absolute Gasteiger partial charge is 0.624 e. The van der Waals surface area contributed by atoms with E-state index in [0.29, 0.717) is 6.54 Å². The van der Waals surface area contributed by atoms with Gasteiger partial charge in [0, 0.05) is 12.0 Å². The summed E-state index contributed by atoms with van der Waals surface area (Å²) in [6.45, 7) is 0.374. The predicted octanol–water partition coefficient (Wildman–Crippen LogP) is 3.41. The first kappa shape index (κ1) is 14.1. The number of aryl methyl sites for hydroxylation is 1. The SMILES string of the molecule is COc1ccc(C[N+]([O-])=CCCc2ccccc2)cc1. The van der Waals surface area contributed by atoms with Crippen LogP contribution >= 0.6 is 0 Å². The molecule has 0 heterocycles. The van der Waals surface area contributed by atoms with Crippen LogP contribution in [-0.2, 0) is 13.0 Å². The van der Waals surface area contributed by atoms with Crippen LogP contribution in [0.5, 0.6) is 5.75 Å². The molecule has 2 aromatic rings. The van der Waals surface area contributed by atoms with Crippen molar-refractivity contribution in [2.75, 3.05) is 7.11 Å². The molecule has 20 heavy (non-hydrogen) atoms. The summed E-state index contributed by atoms with van der Waals surface area (Å²) < 4.78 is 6.08. The van der Waals surface area contributed by atoms with Crippen molar-refractivity contribution in [2.24, 2.45) is 0 Å². The molecule has 2 rings (SSSR count). The monoisotopic (exact) mass is 269 g/mol. The summed E-state index contributed by atoms with van der Waals surface area (Å²) in [5.74, 6) is 0.805. The Morgan fingerprint density at radius 1 is 1.00 bits per heavy atom. The maximum absolute atomic E-state index is 11.8. The van der Waals surface area contributed by atoms with E-state index in [4.69, 9.17) is 4.74 Å². The second-order valence-electron chi connectivity index (χ2n) is 4.63. The highest BCUT2D eigenvalue weighted by atomic mass is 16.5. The fourth-order valence-corrected chi connectivity index (χ4v) is 2.00. The zero-order valence-electron chi connectivity index (χ0n) is 11.7. The number of methoxy groups -OCH3 is 1. The second-order valence-corrected chi connectivity index (χ2v) is 4.63. The molecule has 104 valence electrons. The van der Waals surface area contributed by atoms with Gasteiger partial charge in [-0.05, 0) is 36.2 Å². The molecule has 0 atom stereocenters. The normalized spacial score (nSPS) is 11.3. The summed E-state index contributed by atoms with van der Waals surface area (Å²) in [5, 5.41) is 11.8. The summed E-state index contributed by atoms with van der Waals surface area (Å²) in [5.41, 5.74) is 2.23. The highest BCUT2D eigenvalue weighted by Gasteiger charge is 1.99. The van der Waals surface area contributed by atoms with E-state index in [0.717, 1.165) is 28.9 Å². The third kappa shape index (κ3) is 4.43. The van der Waals surface area contributed by atoms with Crippen LogP contribution in [0.4, 0.5) is 0 Å². The molecule has 0 aliphatic carbocycles. The number of ether oxygens (including phenoxy) is 1. The smallest absolute Gasteiger partial charge is 0.178 e. The summed E-state index contributed by atoms with van der Waals surface area (Å²) >= 11 is 0. The number of nitrogens with zero attached hydrogens (tertiary/aromatic N) is 1. The molecular formula is C17H19NO2. The molecule has 0 saturated heterocycles. The van der Waals surface area contributed by atoms with Crippen LogP contribution in [0.2, 0.25) is 0 Å². The van der Waals surface area contributed by atoms with Gasteiger partial charge in [-0.2, -0.15) is 0 Å². The number of hydrogen-bond acceptors (Lipinski definition) is 2. The lowest BCUT2D eigenvalue weighted by Gasteiger charge is -2.05. The first-order chi connectivity index (χ1) is 9.78. The van der Waals surface area contributed by atoms with Crippen LogP contribution in [0.25, 0.3) is 0 Å². The molecule has 0 bridgehead atoms. The molecule has 0 N–H and O–H groups in total. The molecule has 0 unspecified atom stereocenters. The van der Waals surface area contributed by atoms with E-state index < -0.39 is 0 Å². The lowest BCUT2D eigenvalue weighted by Crippen LogP contribution is -2.05.